The van der Waals surface area contributed by atoms with Crippen LogP contribution in [0.3, 0.4) is 0 Å². The molecule has 33 heavy (non-hydrogen) atoms. The van der Waals surface area contributed by atoms with Gasteiger partial charge in [-0.15, -0.1) is 11.3 Å². The second-order valence-electron chi connectivity index (χ2n) is 9.64. The first-order valence-electron chi connectivity index (χ1n) is 11.0. The van der Waals surface area contributed by atoms with E-state index in [-0.39, 0.29) is 48.3 Å². The average Bonchev–Trinajstić information content (AvgIpc) is 3.44. The second kappa shape index (κ2) is 8.73. The molecule has 0 atom stereocenters. The lowest BCUT2D eigenvalue weighted by atomic mass is 9.94. The summed E-state index contributed by atoms with van der Waals surface area (Å²) in [5.74, 6) is -0.419. The Hall–Kier alpha value is -2.43. The van der Waals surface area contributed by atoms with Crippen LogP contribution in [-0.2, 0) is 21.0 Å². The van der Waals surface area contributed by atoms with Crippen molar-refractivity contribution < 1.29 is 18.0 Å². The fraction of sp³-hybridized carbons (Fsp3) is 0.478. The van der Waals surface area contributed by atoms with E-state index >= 15 is 0 Å². The van der Waals surface area contributed by atoms with Crippen LogP contribution in [0.4, 0.5) is 9.80 Å². The molecule has 8 nitrogen and oxygen atoms in total. The molecule has 1 aromatic carbocycles. The number of sulfonamides is 1. The maximum atomic E-state index is 13.4. The van der Waals surface area contributed by atoms with E-state index in [0.29, 0.717) is 10.6 Å². The lowest BCUT2D eigenvalue weighted by Gasteiger charge is -2.21. The molecule has 10 heteroatoms. The molecule has 1 aliphatic carbocycles. The minimum absolute atomic E-state index is 0.109. The molecule has 1 saturated carbocycles. The van der Waals surface area contributed by atoms with Crippen LogP contribution in [0.2, 0.25) is 0 Å². The van der Waals surface area contributed by atoms with Gasteiger partial charge < -0.3 is 10.2 Å². The first-order valence-corrected chi connectivity index (χ1v) is 13.5. The van der Waals surface area contributed by atoms with Crippen LogP contribution in [0.5, 0.6) is 0 Å². The van der Waals surface area contributed by atoms with E-state index in [4.69, 9.17) is 0 Å². The van der Waals surface area contributed by atoms with Gasteiger partial charge in [-0.25, -0.2) is 17.9 Å². The van der Waals surface area contributed by atoms with Crippen molar-refractivity contribution in [2.75, 3.05) is 30.7 Å². The summed E-state index contributed by atoms with van der Waals surface area (Å²) in [6.07, 6.45) is 1.73. The van der Waals surface area contributed by atoms with Crippen LogP contribution >= 0.6 is 11.3 Å². The van der Waals surface area contributed by atoms with Gasteiger partial charge in [0.25, 0.3) is 5.91 Å². The van der Waals surface area contributed by atoms with Gasteiger partial charge in [0, 0.05) is 24.5 Å². The number of amides is 3. The number of urea groups is 1. The highest BCUT2D eigenvalue weighted by molar-refractivity contribution is 7.89. The van der Waals surface area contributed by atoms with Crippen molar-refractivity contribution in [1.82, 2.24) is 14.9 Å². The molecular formula is C23H30N4O4S2. The van der Waals surface area contributed by atoms with Crippen molar-refractivity contribution >= 4 is 38.3 Å². The van der Waals surface area contributed by atoms with Gasteiger partial charge in [0.2, 0.25) is 10.0 Å². The molecule has 4 rings (SSSR count). The smallest absolute Gasteiger partial charge is 0.320 e. The third-order valence-electron chi connectivity index (χ3n) is 5.98. The first-order chi connectivity index (χ1) is 15.5. The van der Waals surface area contributed by atoms with E-state index in [2.05, 4.69) is 15.4 Å². The molecule has 1 aromatic heterocycles. The van der Waals surface area contributed by atoms with Gasteiger partial charge in [-0.3, -0.25) is 10.1 Å². The van der Waals surface area contributed by atoms with Crippen LogP contribution in [0, 0.1) is 0 Å². The molecule has 0 unspecified atom stereocenters. The Balaban J connectivity index is 1.55. The van der Waals surface area contributed by atoms with Gasteiger partial charge >= 0.3 is 6.03 Å². The Morgan fingerprint density at radius 1 is 1.12 bits per heavy atom. The number of thiophene rings is 1. The van der Waals surface area contributed by atoms with E-state index in [1.54, 1.807) is 0 Å². The maximum absolute atomic E-state index is 13.4. The molecule has 2 aliphatic rings. The lowest BCUT2D eigenvalue weighted by molar-refractivity contribution is 0.0773. The van der Waals surface area contributed by atoms with E-state index < -0.39 is 10.0 Å². The molecule has 3 amide bonds. The van der Waals surface area contributed by atoms with Gasteiger partial charge in [-0.05, 0) is 29.9 Å². The number of hydrogen-bond acceptors (Lipinski definition) is 5. The minimum Gasteiger partial charge on any atom is -0.336 e. The summed E-state index contributed by atoms with van der Waals surface area (Å²) in [6, 6.07) is 11.3. The maximum Gasteiger partial charge on any atom is 0.320 e. The van der Waals surface area contributed by atoms with Crippen molar-refractivity contribution in [1.29, 1.82) is 0 Å². The number of rotatable bonds is 4. The third-order valence-corrected chi connectivity index (χ3v) is 8.82. The molecule has 0 spiro atoms. The molecule has 178 valence electrons. The van der Waals surface area contributed by atoms with Crippen molar-refractivity contribution in [3.8, 4) is 0 Å². The van der Waals surface area contributed by atoms with Crippen LogP contribution in [0.1, 0.15) is 54.4 Å². The summed E-state index contributed by atoms with van der Waals surface area (Å²) in [4.78, 5) is 28.8. The van der Waals surface area contributed by atoms with E-state index in [1.165, 1.54) is 16.2 Å². The summed E-state index contributed by atoms with van der Waals surface area (Å²) in [7, 11) is -3.38. The Labute approximate surface area is 198 Å². The minimum atomic E-state index is -3.38. The van der Waals surface area contributed by atoms with Crippen molar-refractivity contribution in [3.05, 3.63) is 52.4 Å². The molecule has 3 N–H and O–H groups in total. The average molecular weight is 491 g/mol. The zero-order valence-corrected chi connectivity index (χ0v) is 20.7. The SMILES string of the molecule is CC(C)(C)c1cc(C(=O)N2CCNS(=O)(=O)CC2)c(NC(=O)NC2(c3ccccc3)CC2)s1. The number of nitrogens with zero attached hydrogens (tertiary/aromatic N) is 1. The lowest BCUT2D eigenvalue weighted by Crippen LogP contribution is -2.39. The van der Waals surface area contributed by atoms with Gasteiger partial charge in [0.15, 0.2) is 0 Å². The predicted octanol–water partition coefficient (Wildman–Crippen LogP) is 3.23. The Morgan fingerprint density at radius 3 is 2.45 bits per heavy atom. The zero-order valence-electron chi connectivity index (χ0n) is 19.1. The van der Waals surface area contributed by atoms with Crippen LogP contribution < -0.4 is 15.4 Å². The molecule has 0 radical (unpaired) electrons. The van der Waals surface area contributed by atoms with Crippen molar-refractivity contribution in [2.45, 2.75) is 44.6 Å². The molecule has 2 fully saturated rings. The second-order valence-corrected chi connectivity index (χ2v) is 12.6. The van der Waals surface area contributed by atoms with E-state index in [0.717, 1.165) is 23.3 Å². The normalized spacial score (nSPS) is 19.4. The summed E-state index contributed by atoms with van der Waals surface area (Å²) in [6.45, 7) is 6.71. The van der Waals surface area contributed by atoms with Crippen LogP contribution in [0.15, 0.2) is 36.4 Å². The quantitative estimate of drug-likeness (QED) is 0.612. The number of anilines is 1. The molecule has 2 aromatic rings. The summed E-state index contributed by atoms with van der Waals surface area (Å²) < 4.78 is 26.2. The number of hydrogen-bond donors (Lipinski definition) is 3. The Kier molecular flexibility index (Phi) is 6.28. The predicted molar refractivity (Wildman–Crippen MR) is 130 cm³/mol. The molecule has 1 aliphatic heterocycles. The topological polar surface area (TPSA) is 108 Å². The van der Waals surface area contributed by atoms with Gasteiger partial charge in [0.05, 0.1) is 16.9 Å². The monoisotopic (exact) mass is 490 g/mol. The van der Waals surface area contributed by atoms with E-state index in [1.807, 2.05) is 57.2 Å². The molecule has 0 bridgehead atoms. The third kappa shape index (κ3) is 5.39. The number of nitrogens with one attached hydrogen (secondary N) is 3. The van der Waals surface area contributed by atoms with Crippen LogP contribution in [0.25, 0.3) is 0 Å². The molecule has 1 saturated heterocycles. The highest BCUT2D eigenvalue weighted by atomic mass is 32.2. The Morgan fingerprint density at radius 2 is 1.82 bits per heavy atom. The number of carbonyl (C=O) groups excluding carboxylic acids is 2. The van der Waals surface area contributed by atoms with Gasteiger partial charge in [-0.1, -0.05) is 51.1 Å². The fourth-order valence-electron chi connectivity index (χ4n) is 3.86. The van der Waals surface area contributed by atoms with Gasteiger partial charge in [0.1, 0.15) is 5.00 Å². The summed E-state index contributed by atoms with van der Waals surface area (Å²) in [5.41, 5.74) is 0.881. The number of carbonyl (C=O) groups is 2. The highest BCUT2D eigenvalue weighted by Gasteiger charge is 2.45. The number of benzene rings is 1. The fourth-order valence-corrected chi connectivity index (χ4v) is 5.97. The zero-order chi connectivity index (χ0) is 23.9. The summed E-state index contributed by atoms with van der Waals surface area (Å²) in [5, 5.41) is 6.47. The van der Waals surface area contributed by atoms with Crippen LogP contribution in [-0.4, -0.2) is 50.6 Å². The molecule has 2 heterocycles. The van der Waals surface area contributed by atoms with E-state index in [9.17, 15) is 18.0 Å². The highest BCUT2D eigenvalue weighted by Crippen LogP contribution is 2.45. The van der Waals surface area contributed by atoms with Gasteiger partial charge in [-0.2, -0.15) is 0 Å². The van der Waals surface area contributed by atoms with Crippen molar-refractivity contribution in [2.24, 2.45) is 0 Å². The standard InChI is InChI=1S/C23H30N4O4S2/c1-22(2,3)18-15-17(20(28)27-12-11-24-33(30,31)14-13-27)19(32-18)25-21(29)26-23(9-10-23)16-7-5-4-6-8-16/h4-8,15,24H,9-14H2,1-3H3,(H2,25,26,29). The summed E-state index contributed by atoms with van der Waals surface area (Å²) >= 11 is 1.38. The Bertz CT molecular complexity index is 1150. The molecular weight excluding hydrogens is 460 g/mol. The first kappa shape index (κ1) is 23.7. The van der Waals surface area contributed by atoms with Crippen molar-refractivity contribution in [3.63, 3.8) is 0 Å². The largest absolute Gasteiger partial charge is 0.336 e.